The summed E-state index contributed by atoms with van der Waals surface area (Å²) in [7, 11) is 4.23. The third kappa shape index (κ3) is 5.02. The number of rotatable bonds is 7. The van der Waals surface area contributed by atoms with E-state index in [-0.39, 0.29) is 5.91 Å². The van der Waals surface area contributed by atoms with Crippen molar-refractivity contribution in [3.05, 3.63) is 17.5 Å². The van der Waals surface area contributed by atoms with Crippen LogP contribution in [-0.2, 0) is 11.3 Å². The molecule has 7 heteroatoms. The van der Waals surface area contributed by atoms with E-state index in [1.807, 2.05) is 19.9 Å². The Morgan fingerprint density at radius 3 is 2.96 bits per heavy atom. The smallest absolute Gasteiger partial charge is 0.269 e. The molecule has 1 fully saturated rings. The van der Waals surface area contributed by atoms with Crippen LogP contribution < -0.4 is 5.32 Å². The maximum atomic E-state index is 12.5. The minimum absolute atomic E-state index is 0.0660. The van der Waals surface area contributed by atoms with Crippen molar-refractivity contribution in [2.24, 2.45) is 0 Å². The molecule has 23 heavy (non-hydrogen) atoms. The molecule has 0 saturated carbocycles. The Hall–Kier alpha value is -1.44. The number of hydrogen-bond donors (Lipinski definition) is 1. The van der Waals surface area contributed by atoms with Gasteiger partial charge in [-0.3, -0.25) is 14.4 Å². The van der Waals surface area contributed by atoms with E-state index in [0.717, 1.165) is 25.3 Å². The highest BCUT2D eigenvalue weighted by atomic mass is 16.5. The second kappa shape index (κ2) is 8.42. The highest BCUT2D eigenvalue weighted by Crippen LogP contribution is 2.07. The van der Waals surface area contributed by atoms with Crippen LogP contribution >= 0.6 is 0 Å². The van der Waals surface area contributed by atoms with Gasteiger partial charge in [0.05, 0.1) is 18.8 Å². The lowest BCUT2D eigenvalue weighted by Gasteiger charge is -2.37. The molecule has 0 radical (unpaired) electrons. The summed E-state index contributed by atoms with van der Waals surface area (Å²) in [5, 5.41) is 7.44. The summed E-state index contributed by atoms with van der Waals surface area (Å²) in [4.78, 5) is 17.1. The summed E-state index contributed by atoms with van der Waals surface area (Å²) in [6, 6.07) is 2.18. The number of nitrogens with zero attached hydrogens (tertiary/aromatic N) is 4. The molecule has 0 unspecified atom stereocenters. The van der Waals surface area contributed by atoms with Gasteiger partial charge in [-0.15, -0.1) is 0 Å². The van der Waals surface area contributed by atoms with Crippen LogP contribution in [0.5, 0.6) is 0 Å². The van der Waals surface area contributed by atoms with Crippen molar-refractivity contribution in [3.63, 3.8) is 0 Å². The molecule has 7 nitrogen and oxygen atoms in total. The van der Waals surface area contributed by atoms with E-state index in [1.54, 1.807) is 4.68 Å². The number of ether oxygens (including phenoxy) is 1. The van der Waals surface area contributed by atoms with E-state index in [4.69, 9.17) is 4.74 Å². The van der Waals surface area contributed by atoms with Gasteiger partial charge in [-0.2, -0.15) is 5.10 Å². The topological polar surface area (TPSA) is 62.6 Å². The summed E-state index contributed by atoms with van der Waals surface area (Å²) >= 11 is 0. The Kier molecular flexibility index (Phi) is 6.56. The lowest BCUT2D eigenvalue weighted by atomic mass is 10.2. The van der Waals surface area contributed by atoms with Gasteiger partial charge >= 0.3 is 0 Å². The lowest BCUT2D eigenvalue weighted by molar-refractivity contribution is 0.0866. The Balaban J connectivity index is 1.92. The predicted octanol–water partition coefficient (Wildman–Crippen LogP) is 0.204. The first-order chi connectivity index (χ1) is 11.0. The Morgan fingerprint density at radius 2 is 2.22 bits per heavy atom. The van der Waals surface area contributed by atoms with Gasteiger partial charge in [-0.25, -0.2) is 0 Å². The summed E-state index contributed by atoms with van der Waals surface area (Å²) in [6.07, 6.45) is 0. The van der Waals surface area contributed by atoms with E-state index in [2.05, 4.69) is 34.3 Å². The zero-order valence-electron chi connectivity index (χ0n) is 14.7. The summed E-state index contributed by atoms with van der Waals surface area (Å²) < 4.78 is 7.09. The Morgan fingerprint density at radius 1 is 1.43 bits per heavy atom. The van der Waals surface area contributed by atoms with Crippen molar-refractivity contribution >= 4 is 5.91 Å². The number of piperazine rings is 1. The summed E-state index contributed by atoms with van der Waals surface area (Å²) in [5.41, 5.74) is 1.45. The molecule has 0 aliphatic carbocycles. The van der Waals surface area contributed by atoms with E-state index >= 15 is 0 Å². The van der Waals surface area contributed by atoms with Gasteiger partial charge in [0.2, 0.25) is 0 Å². The Bertz CT molecular complexity index is 517. The van der Waals surface area contributed by atoms with Crippen LogP contribution in [0.3, 0.4) is 0 Å². The maximum Gasteiger partial charge on any atom is 0.269 e. The molecule has 1 aromatic rings. The summed E-state index contributed by atoms with van der Waals surface area (Å²) in [6.45, 7) is 9.41. The van der Waals surface area contributed by atoms with Crippen molar-refractivity contribution in [1.82, 2.24) is 24.9 Å². The number of amides is 1. The molecule has 0 aromatic carbocycles. The fraction of sp³-hybridized carbons (Fsp3) is 0.750. The predicted molar refractivity (Wildman–Crippen MR) is 89.7 cm³/mol. The first kappa shape index (κ1) is 17.9. The third-order valence-corrected chi connectivity index (χ3v) is 4.26. The molecule has 0 spiro atoms. The molecule has 1 aliphatic rings. The lowest BCUT2D eigenvalue weighted by Crippen LogP contribution is -2.54. The van der Waals surface area contributed by atoms with Crippen LogP contribution in [0.25, 0.3) is 0 Å². The number of aromatic nitrogens is 2. The van der Waals surface area contributed by atoms with Crippen LogP contribution in [0, 0.1) is 6.92 Å². The molecule has 130 valence electrons. The number of hydrogen-bond acceptors (Lipinski definition) is 5. The number of likely N-dealkylation sites (N-methyl/N-ethyl adjacent to an activating group) is 2. The largest absolute Gasteiger partial charge is 0.380 e. The van der Waals surface area contributed by atoms with Gasteiger partial charge in [0, 0.05) is 38.8 Å². The second-order valence-electron chi connectivity index (χ2n) is 6.20. The monoisotopic (exact) mass is 323 g/mol. The molecule has 1 atom stereocenters. The quantitative estimate of drug-likeness (QED) is 0.727. The van der Waals surface area contributed by atoms with Gasteiger partial charge in [0.1, 0.15) is 5.69 Å². The van der Waals surface area contributed by atoms with E-state index in [9.17, 15) is 4.79 Å². The number of nitrogens with one attached hydrogen (secondary N) is 1. The standard InChI is InChI=1S/C16H29N5O2/c1-5-23-9-8-21-15(10-13(2)18-21)16(22)17-11-14-12-19(3)6-7-20(14)4/h10,14H,5-9,11-12H2,1-4H3,(H,17,22)/t14-/m1/s1. The van der Waals surface area contributed by atoms with E-state index < -0.39 is 0 Å². The molecule has 1 N–H and O–H groups in total. The molecule has 2 heterocycles. The van der Waals surface area contributed by atoms with Gasteiger partial charge in [-0.1, -0.05) is 0 Å². The molecule has 1 aromatic heterocycles. The zero-order valence-corrected chi connectivity index (χ0v) is 14.7. The van der Waals surface area contributed by atoms with Gasteiger partial charge < -0.3 is 15.0 Å². The van der Waals surface area contributed by atoms with Crippen LogP contribution in [0.15, 0.2) is 6.07 Å². The van der Waals surface area contributed by atoms with Gasteiger partial charge in [0.25, 0.3) is 5.91 Å². The normalized spacial score (nSPS) is 19.9. The molecular weight excluding hydrogens is 294 g/mol. The molecule has 1 amide bonds. The molecular formula is C16H29N5O2. The fourth-order valence-electron chi connectivity index (χ4n) is 2.82. The highest BCUT2D eigenvalue weighted by molar-refractivity contribution is 5.92. The van der Waals surface area contributed by atoms with Crippen molar-refractivity contribution in [2.45, 2.75) is 26.4 Å². The van der Waals surface area contributed by atoms with Crippen LogP contribution in [-0.4, -0.2) is 85.0 Å². The molecule has 2 rings (SSSR count). The van der Waals surface area contributed by atoms with Crippen LogP contribution in [0.1, 0.15) is 23.1 Å². The van der Waals surface area contributed by atoms with Crippen LogP contribution in [0.2, 0.25) is 0 Å². The first-order valence-corrected chi connectivity index (χ1v) is 8.30. The van der Waals surface area contributed by atoms with E-state index in [0.29, 0.717) is 38.0 Å². The first-order valence-electron chi connectivity index (χ1n) is 8.30. The minimum Gasteiger partial charge on any atom is -0.380 e. The van der Waals surface area contributed by atoms with Crippen molar-refractivity contribution in [2.75, 3.05) is 53.5 Å². The third-order valence-electron chi connectivity index (χ3n) is 4.26. The fourth-order valence-corrected chi connectivity index (χ4v) is 2.82. The van der Waals surface area contributed by atoms with Crippen molar-refractivity contribution in [3.8, 4) is 0 Å². The zero-order chi connectivity index (χ0) is 16.8. The van der Waals surface area contributed by atoms with Gasteiger partial charge in [-0.05, 0) is 34.0 Å². The van der Waals surface area contributed by atoms with Crippen LogP contribution in [0.4, 0.5) is 0 Å². The highest BCUT2D eigenvalue weighted by Gasteiger charge is 2.23. The maximum absolute atomic E-state index is 12.5. The Labute approximate surface area is 138 Å². The minimum atomic E-state index is -0.0660. The number of aryl methyl sites for hydroxylation is 1. The summed E-state index contributed by atoms with van der Waals surface area (Å²) in [5.74, 6) is -0.0660. The van der Waals surface area contributed by atoms with Gasteiger partial charge in [0.15, 0.2) is 0 Å². The second-order valence-corrected chi connectivity index (χ2v) is 6.20. The number of carbonyl (C=O) groups is 1. The van der Waals surface area contributed by atoms with E-state index in [1.165, 1.54) is 0 Å². The van der Waals surface area contributed by atoms with Crippen molar-refractivity contribution in [1.29, 1.82) is 0 Å². The van der Waals surface area contributed by atoms with Crippen molar-refractivity contribution < 1.29 is 9.53 Å². The SMILES string of the molecule is CCOCCn1nc(C)cc1C(=O)NC[C@@H]1CN(C)CCN1C. The average Bonchev–Trinajstić information content (AvgIpc) is 2.89. The molecule has 0 bridgehead atoms. The molecule has 1 aliphatic heterocycles. The number of carbonyl (C=O) groups excluding carboxylic acids is 1. The molecule has 1 saturated heterocycles. The average molecular weight is 323 g/mol.